The molecule has 35 heavy (non-hydrogen) atoms. The molecular weight excluding hydrogens is 475 g/mol. The zero-order chi connectivity index (χ0) is 25.4. The average Bonchev–Trinajstić information content (AvgIpc) is 3.20. The van der Waals surface area contributed by atoms with Crippen LogP contribution in [0.4, 0.5) is 9.39 Å². The number of fused-ring (bicyclic) bond motifs is 1. The topological polar surface area (TPSA) is 51.4 Å². The minimum absolute atomic E-state index is 0.123. The lowest BCUT2D eigenvalue weighted by atomic mass is 9.99. The third kappa shape index (κ3) is 7.11. The Labute approximate surface area is 215 Å². The van der Waals surface area contributed by atoms with Crippen LogP contribution < -0.4 is 5.32 Å². The monoisotopic (exact) mass is 508 g/mol. The largest absolute Gasteiger partial charge is 0.379 e. The van der Waals surface area contributed by atoms with Crippen molar-refractivity contribution < 1.29 is 4.39 Å². The van der Waals surface area contributed by atoms with Gasteiger partial charge in [-0.25, -0.2) is 4.39 Å². The molecule has 0 radical (unpaired) electrons. The summed E-state index contributed by atoms with van der Waals surface area (Å²) in [5, 5.41) is 13.5. The third-order valence-corrected chi connectivity index (χ3v) is 8.35. The molecule has 1 aliphatic heterocycles. The van der Waals surface area contributed by atoms with E-state index in [4.69, 9.17) is 0 Å². The van der Waals surface area contributed by atoms with Gasteiger partial charge in [-0.2, -0.15) is 15.7 Å². The minimum Gasteiger partial charge on any atom is -0.379 e. The number of hydrogen-bond acceptors (Lipinski definition) is 5. The number of nitrogens with zero attached hydrogens (tertiary/aromatic N) is 3. The second-order valence-corrected chi connectivity index (χ2v) is 11.4. The molecule has 184 valence electrons. The quantitative estimate of drug-likeness (QED) is 0.311. The summed E-state index contributed by atoms with van der Waals surface area (Å²) < 4.78 is 13.4. The van der Waals surface area contributed by atoms with Gasteiger partial charge < -0.3 is 10.3 Å². The molecule has 2 heterocycles. The maximum Gasteiger partial charge on any atom is 0.123 e. The first-order valence-electron chi connectivity index (χ1n) is 11.5. The van der Waals surface area contributed by atoms with E-state index in [2.05, 4.69) is 64.6 Å². The number of thiophene rings is 1. The van der Waals surface area contributed by atoms with E-state index >= 15 is 0 Å². The number of hydrogen-bond donors (Lipinski definition) is 1. The standard InChI is InChI=1S/C17H18FN3S.C11H15NS/c1-11-6-16-15(14(8-19)17(20-2)22-16)10-21(11)9-12-4-3-5-13(18)7-12;1-12-9-8-10-4-6-11(7-5-10)13(2)3/h3-5,7,11,20H,6,9-10H2,1-2H3;4-7,9H,2,8H2,1,3H3. The fourth-order valence-corrected chi connectivity index (χ4v) is 5.87. The zero-order valence-corrected chi connectivity index (χ0v) is 22.5. The van der Waals surface area contributed by atoms with Crippen molar-refractivity contribution in [2.24, 2.45) is 4.99 Å². The van der Waals surface area contributed by atoms with Gasteiger partial charge in [-0.15, -0.1) is 11.3 Å². The maximum absolute atomic E-state index is 13.4. The van der Waals surface area contributed by atoms with Crippen molar-refractivity contribution in [3.63, 3.8) is 0 Å². The van der Waals surface area contributed by atoms with E-state index in [1.807, 2.05) is 19.3 Å². The van der Waals surface area contributed by atoms with Crippen LogP contribution in [0.5, 0.6) is 0 Å². The Morgan fingerprint density at radius 3 is 2.63 bits per heavy atom. The molecule has 0 fully saturated rings. The van der Waals surface area contributed by atoms with Crippen LogP contribution in [0, 0.1) is 17.1 Å². The van der Waals surface area contributed by atoms with Gasteiger partial charge in [0.2, 0.25) is 0 Å². The minimum atomic E-state index is -0.200. The summed E-state index contributed by atoms with van der Waals surface area (Å²) in [6, 6.07) is 18.0. The molecule has 0 bridgehead atoms. The maximum atomic E-state index is 13.4. The number of nitrogens with one attached hydrogen (secondary N) is 1. The molecule has 0 saturated carbocycles. The van der Waals surface area contributed by atoms with E-state index in [-0.39, 0.29) is 16.3 Å². The summed E-state index contributed by atoms with van der Waals surface area (Å²) in [5.74, 6) is 3.80. The van der Waals surface area contributed by atoms with Crippen LogP contribution >= 0.6 is 21.8 Å². The molecule has 4 rings (SSSR count). The Morgan fingerprint density at radius 1 is 1.29 bits per heavy atom. The molecule has 0 saturated heterocycles. The highest BCUT2D eigenvalue weighted by atomic mass is 32.2. The molecule has 3 aromatic rings. The normalized spacial score (nSPS) is 16.2. The molecule has 2 aromatic carbocycles. The highest BCUT2D eigenvalue weighted by Crippen LogP contribution is 2.38. The molecule has 0 aliphatic carbocycles. The van der Waals surface area contributed by atoms with Crippen molar-refractivity contribution >= 4 is 38.9 Å². The van der Waals surface area contributed by atoms with Gasteiger partial charge in [0.15, 0.2) is 0 Å². The van der Waals surface area contributed by atoms with Gasteiger partial charge in [0, 0.05) is 61.2 Å². The zero-order valence-electron chi connectivity index (χ0n) is 20.8. The Hall–Kier alpha value is -2.79. The smallest absolute Gasteiger partial charge is 0.123 e. The Kier molecular flexibility index (Phi) is 9.79. The highest BCUT2D eigenvalue weighted by molar-refractivity contribution is 8.13. The molecule has 0 spiro atoms. The molecule has 1 aromatic heterocycles. The predicted octanol–water partition coefficient (Wildman–Crippen LogP) is 6.37. The van der Waals surface area contributed by atoms with Crippen molar-refractivity contribution in [1.82, 2.24) is 4.90 Å². The lowest BCUT2D eigenvalue weighted by molar-refractivity contribution is 0.177. The van der Waals surface area contributed by atoms with Gasteiger partial charge in [0.05, 0.1) is 5.56 Å². The number of benzene rings is 2. The fourth-order valence-electron chi connectivity index (χ4n) is 4.03. The van der Waals surface area contributed by atoms with Gasteiger partial charge in [0.25, 0.3) is 0 Å². The second kappa shape index (κ2) is 12.8. The van der Waals surface area contributed by atoms with Gasteiger partial charge in [-0.05, 0) is 55.0 Å². The lowest BCUT2D eigenvalue weighted by Gasteiger charge is -2.33. The van der Waals surface area contributed by atoms with Crippen LogP contribution in [0.25, 0.3) is 0 Å². The average molecular weight is 509 g/mol. The van der Waals surface area contributed by atoms with E-state index in [0.29, 0.717) is 12.6 Å². The van der Waals surface area contributed by atoms with Gasteiger partial charge in [0.1, 0.15) is 16.9 Å². The lowest BCUT2D eigenvalue weighted by Crippen LogP contribution is -2.37. The van der Waals surface area contributed by atoms with Gasteiger partial charge in [-0.3, -0.25) is 4.90 Å². The Morgan fingerprint density at radius 2 is 2.03 bits per heavy atom. The summed E-state index contributed by atoms with van der Waals surface area (Å²) in [6.45, 7) is 3.63. The van der Waals surface area contributed by atoms with Gasteiger partial charge >= 0.3 is 0 Å². The molecule has 0 amide bonds. The van der Waals surface area contributed by atoms with Crippen molar-refractivity contribution in [2.45, 2.75) is 43.8 Å². The Bertz CT molecular complexity index is 1220. The van der Waals surface area contributed by atoms with Crippen molar-refractivity contribution in [1.29, 1.82) is 5.26 Å². The van der Waals surface area contributed by atoms with E-state index < -0.39 is 0 Å². The number of nitriles is 1. The number of rotatable bonds is 6. The molecule has 2 unspecified atom stereocenters. The van der Waals surface area contributed by atoms with Crippen LogP contribution in [0.2, 0.25) is 0 Å². The summed E-state index contributed by atoms with van der Waals surface area (Å²) >= 11 is 1.68. The van der Waals surface area contributed by atoms with Crippen LogP contribution in [-0.4, -0.2) is 43.4 Å². The van der Waals surface area contributed by atoms with Crippen LogP contribution in [-0.2, 0) is 25.9 Å². The van der Waals surface area contributed by atoms with Crippen molar-refractivity contribution in [2.75, 3.05) is 25.7 Å². The predicted molar refractivity (Wildman–Crippen MR) is 151 cm³/mol. The van der Waals surface area contributed by atoms with Crippen LogP contribution in [0.15, 0.2) is 58.4 Å². The van der Waals surface area contributed by atoms with E-state index in [0.717, 1.165) is 41.1 Å². The summed E-state index contributed by atoms with van der Waals surface area (Å²) in [4.78, 5) is 8.87. The van der Waals surface area contributed by atoms with E-state index in [1.165, 1.54) is 21.4 Å². The Balaban J connectivity index is 0.000000225. The SMILES string of the molecule is C=S(C)c1ccc(CC=NC)cc1.CNc1sc2c(c1C#N)CN(Cc1cccc(F)c1)C(C)C2. The molecule has 4 nitrogen and oxygen atoms in total. The first kappa shape index (κ1) is 26.8. The van der Waals surface area contributed by atoms with Crippen molar-refractivity contribution in [3.8, 4) is 6.07 Å². The van der Waals surface area contributed by atoms with Crippen LogP contribution in [0.3, 0.4) is 0 Å². The number of anilines is 1. The first-order valence-corrected chi connectivity index (χ1v) is 14.1. The molecule has 1 N–H and O–H groups in total. The number of aliphatic imine (C=N–C) groups is 1. The van der Waals surface area contributed by atoms with Crippen LogP contribution in [0.1, 0.15) is 34.1 Å². The molecule has 7 heteroatoms. The molecule has 1 aliphatic rings. The summed E-state index contributed by atoms with van der Waals surface area (Å²) in [6.07, 6.45) is 5.91. The fraction of sp³-hybridized carbons (Fsp3) is 0.321. The third-order valence-electron chi connectivity index (χ3n) is 6.00. The molecular formula is C28H33FN4S2. The van der Waals surface area contributed by atoms with Crippen molar-refractivity contribution in [3.05, 3.63) is 81.5 Å². The molecule has 2 atom stereocenters. The second-order valence-electron chi connectivity index (χ2n) is 8.58. The van der Waals surface area contributed by atoms with Gasteiger partial charge in [-0.1, -0.05) is 30.1 Å². The highest BCUT2D eigenvalue weighted by Gasteiger charge is 2.28. The first-order chi connectivity index (χ1) is 16.9. The summed E-state index contributed by atoms with van der Waals surface area (Å²) in [5.41, 5.74) is 4.17. The van der Waals surface area contributed by atoms with E-state index in [1.54, 1.807) is 30.5 Å². The van der Waals surface area contributed by atoms with E-state index in [9.17, 15) is 9.65 Å². The summed E-state index contributed by atoms with van der Waals surface area (Å²) in [7, 11) is 3.78. The number of halogens is 1.